The zero-order valence-corrected chi connectivity index (χ0v) is 14.3. The van der Waals surface area contributed by atoms with Crippen molar-refractivity contribution >= 4 is 17.0 Å². The Morgan fingerprint density at radius 1 is 1.24 bits per heavy atom. The molecule has 1 aliphatic rings. The summed E-state index contributed by atoms with van der Waals surface area (Å²) in [5.74, 6) is -0.0998. The van der Waals surface area contributed by atoms with Crippen molar-refractivity contribution < 1.29 is 9.32 Å². The van der Waals surface area contributed by atoms with Crippen molar-refractivity contribution in [3.63, 3.8) is 0 Å². The van der Waals surface area contributed by atoms with Gasteiger partial charge in [0, 0.05) is 18.2 Å². The maximum Gasteiger partial charge on any atom is 0.257 e. The van der Waals surface area contributed by atoms with Gasteiger partial charge in [0.05, 0.1) is 16.6 Å². The molecule has 2 aromatic heterocycles. The SMILES string of the molecule is Cc1noc2ncc(C(=O)NCC3(c4ccccc4)CCCC3)cc12. The molecular formula is C20H21N3O2. The van der Waals surface area contributed by atoms with E-state index in [-0.39, 0.29) is 11.3 Å². The molecule has 5 nitrogen and oxygen atoms in total. The molecule has 1 saturated carbocycles. The van der Waals surface area contributed by atoms with E-state index < -0.39 is 0 Å². The molecule has 3 aromatic rings. The number of nitrogens with one attached hydrogen (secondary N) is 1. The highest BCUT2D eigenvalue weighted by Gasteiger charge is 2.35. The van der Waals surface area contributed by atoms with Crippen molar-refractivity contribution in [3.8, 4) is 0 Å². The minimum absolute atomic E-state index is 0.0432. The van der Waals surface area contributed by atoms with E-state index in [1.54, 1.807) is 12.3 Å². The zero-order chi connectivity index (χ0) is 17.3. The number of rotatable bonds is 4. The summed E-state index contributed by atoms with van der Waals surface area (Å²) in [5.41, 5.74) is 3.11. The van der Waals surface area contributed by atoms with Gasteiger partial charge >= 0.3 is 0 Å². The molecule has 1 fully saturated rings. The van der Waals surface area contributed by atoms with E-state index in [2.05, 4.69) is 39.7 Å². The van der Waals surface area contributed by atoms with Crippen LogP contribution >= 0.6 is 0 Å². The number of aromatic nitrogens is 2. The summed E-state index contributed by atoms with van der Waals surface area (Å²) in [4.78, 5) is 16.8. The summed E-state index contributed by atoms with van der Waals surface area (Å²) in [6.07, 6.45) is 6.18. The Balaban J connectivity index is 1.54. The summed E-state index contributed by atoms with van der Waals surface area (Å²) in [5, 5.41) is 7.80. The molecular weight excluding hydrogens is 314 g/mol. The number of benzene rings is 1. The molecule has 2 heterocycles. The molecule has 0 bridgehead atoms. The van der Waals surface area contributed by atoms with Crippen molar-refractivity contribution in [3.05, 3.63) is 59.4 Å². The van der Waals surface area contributed by atoms with E-state index >= 15 is 0 Å². The van der Waals surface area contributed by atoms with Crippen LogP contribution in [0.25, 0.3) is 11.1 Å². The summed E-state index contributed by atoms with van der Waals surface area (Å²) in [6, 6.07) is 12.3. The van der Waals surface area contributed by atoms with Gasteiger partial charge in [-0.3, -0.25) is 4.79 Å². The van der Waals surface area contributed by atoms with Crippen molar-refractivity contribution in [2.24, 2.45) is 0 Å². The van der Waals surface area contributed by atoms with Gasteiger partial charge in [-0.05, 0) is 31.4 Å². The number of fused-ring (bicyclic) bond motifs is 1. The zero-order valence-electron chi connectivity index (χ0n) is 14.3. The number of nitrogens with zero attached hydrogens (tertiary/aromatic N) is 2. The topological polar surface area (TPSA) is 68.0 Å². The number of hydrogen-bond acceptors (Lipinski definition) is 4. The monoisotopic (exact) mass is 335 g/mol. The molecule has 0 spiro atoms. The van der Waals surface area contributed by atoms with Crippen molar-refractivity contribution in [2.75, 3.05) is 6.54 Å². The van der Waals surface area contributed by atoms with Gasteiger partial charge in [0.15, 0.2) is 0 Å². The van der Waals surface area contributed by atoms with Crippen LogP contribution in [0.3, 0.4) is 0 Å². The van der Waals surface area contributed by atoms with Crippen LogP contribution in [0.1, 0.15) is 47.3 Å². The van der Waals surface area contributed by atoms with Gasteiger partial charge in [0.25, 0.3) is 11.6 Å². The second-order valence-corrected chi connectivity index (χ2v) is 6.88. The fraction of sp³-hybridized carbons (Fsp3) is 0.350. The minimum Gasteiger partial charge on any atom is -0.351 e. The lowest BCUT2D eigenvalue weighted by atomic mass is 9.79. The predicted octanol–water partition coefficient (Wildman–Crippen LogP) is 3.77. The van der Waals surface area contributed by atoms with Crippen LogP contribution in [0.2, 0.25) is 0 Å². The van der Waals surface area contributed by atoms with Gasteiger partial charge in [0.1, 0.15) is 0 Å². The van der Waals surface area contributed by atoms with Crippen molar-refractivity contribution in [1.82, 2.24) is 15.5 Å². The van der Waals surface area contributed by atoms with Crippen LogP contribution < -0.4 is 5.32 Å². The number of pyridine rings is 1. The number of aryl methyl sites for hydroxylation is 1. The first-order valence-corrected chi connectivity index (χ1v) is 8.74. The molecule has 0 saturated heterocycles. The lowest BCUT2D eigenvalue weighted by Crippen LogP contribution is -2.39. The maximum absolute atomic E-state index is 12.6. The van der Waals surface area contributed by atoms with Crippen LogP contribution in [0.4, 0.5) is 0 Å². The van der Waals surface area contributed by atoms with E-state index in [1.165, 1.54) is 18.4 Å². The number of carbonyl (C=O) groups excluding carboxylic acids is 1. The van der Waals surface area contributed by atoms with E-state index in [4.69, 9.17) is 4.52 Å². The van der Waals surface area contributed by atoms with E-state index in [9.17, 15) is 4.79 Å². The standard InChI is InChI=1S/C20H21N3O2/c1-14-17-11-15(12-21-19(17)25-23-14)18(24)22-13-20(9-5-6-10-20)16-7-3-2-4-8-16/h2-4,7-8,11-12H,5-6,9-10,13H2,1H3,(H,22,24). The summed E-state index contributed by atoms with van der Waals surface area (Å²) in [7, 11) is 0. The molecule has 4 rings (SSSR count). The van der Waals surface area contributed by atoms with Crippen LogP contribution in [0, 0.1) is 6.92 Å². The Morgan fingerprint density at radius 3 is 2.76 bits per heavy atom. The highest BCUT2D eigenvalue weighted by atomic mass is 16.5. The third-order valence-corrected chi connectivity index (χ3v) is 5.31. The number of amides is 1. The van der Waals surface area contributed by atoms with Gasteiger partial charge in [-0.25, -0.2) is 4.98 Å². The van der Waals surface area contributed by atoms with Crippen molar-refractivity contribution in [2.45, 2.75) is 38.0 Å². The second-order valence-electron chi connectivity index (χ2n) is 6.88. The smallest absolute Gasteiger partial charge is 0.257 e. The average Bonchev–Trinajstić information content (AvgIpc) is 3.28. The van der Waals surface area contributed by atoms with E-state index in [0.29, 0.717) is 17.8 Å². The third-order valence-electron chi connectivity index (χ3n) is 5.31. The summed E-state index contributed by atoms with van der Waals surface area (Å²) in [6.45, 7) is 2.49. The maximum atomic E-state index is 12.6. The lowest BCUT2D eigenvalue weighted by molar-refractivity contribution is 0.0943. The molecule has 0 unspecified atom stereocenters. The van der Waals surface area contributed by atoms with Gasteiger partial charge in [-0.15, -0.1) is 0 Å². The first-order valence-electron chi connectivity index (χ1n) is 8.74. The molecule has 1 N–H and O–H groups in total. The molecule has 0 radical (unpaired) electrons. The molecule has 0 aliphatic heterocycles. The normalized spacial score (nSPS) is 16.2. The predicted molar refractivity (Wildman–Crippen MR) is 95.5 cm³/mol. The number of hydrogen-bond donors (Lipinski definition) is 1. The van der Waals surface area contributed by atoms with Gasteiger partial charge in [-0.1, -0.05) is 48.3 Å². The average molecular weight is 335 g/mol. The fourth-order valence-corrected chi connectivity index (χ4v) is 3.83. The molecule has 25 heavy (non-hydrogen) atoms. The molecule has 1 amide bonds. The summed E-state index contributed by atoms with van der Waals surface area (Å²) >= 11 is 0. The van der Waals surface area contributed by atoms with Crippen molar-refractivity contribution in [1.29, 1.82) is 0 Å². The largest absolute Gasteiger partial charge is 0.351 e. The fourth-order valence-electron chi connectivity index (χ4n) is 3.83. The molecule has 5 heteroatoms. The Kier molecular flexibility index (Phi) is 3.99. The summed E-state index contributed by atoms with van der Waals surface area (Å²) < 4.78 is 5.11. The van der Waals surface area contributed by atoms with Gasteiger partial charge < -0.3 is 9.84 Å². The van der Waals surface area contributed by atoms with E-state index in [0.717, 1.165) is 23.9 Å². The highest BCUT2D eigenvalue weighted by molar-refractivity contribution is 5.97. The Hall–Kier alpha value is -2.69. The number of carbonyl (C=O) groups is 1. The Bertz CT molecular complexity index is 896. The van der Waals surface area contributed by atoms with Crippen LogP contribution in [0.15, 0.2) is 47.1 Å². The Labute approximate surface area is 146 Å². The van der Waals surface area contributed by atoms with E-state index in [1.807, 2.05) is 13.0 Å². The molecule has 128 valence electrons. The Morgan fingerprint density at radius 2 is 2.00 bits per heavy atom. The van der Waals surface area contributed by atoms with Gasteiger partial charge in [-0.2, -0.15) is 0 Å². The molecule has 1 aromatic carbocycles. The first kappa shape index (κ1) is 15.8. The second kappa shape index (κ2) is 6.31. The molecule has 0 atom stereocenters. The highest BCUT2D eigenvalue weighted by Crippen LogP contribution is 2.40. The third kappa shape index (κ3) is 2.90. The van der Waals surface area contributed by atoms with Gasteiger partial charge in [0.2, 0.25) is 0 Å². The van der Waals surface area contributed by atoms with Crippen LogP contribution in [0.5, 0.6) is 0 Å². The lowest BCUT2D eigenvalue weighted by Gasteiger charge is -2.30. The molecule has 1 aliphatic carbocycles. The van der Waals surface area contributed by atoms with Crippen LogP contribution in [-0.4, -0.2) is 22.6 Å². The quantitative estimate of drug-likeness (QED) is 0.788. The van der Waals surface area contributed by atoms with Crippen LogP contribution in [-0.2, 0) is 5.41 Å². The minimum atomic E-state index is -0.0998. The first-order chi connectivity index (χ1) is 12.2.